The quantitative estimate of drug-likeness (QED) is 0.118. The minimum atomic E-state index is -0.472. The Kier molecular flexibility index (Phi) is 5.85. The largest absolute Gasteiger partial charge is 0.457 e. The van der Waals surface area contributed by atoms with Crippen molar-refractivity contribution in [1.82, 2.24) is 0 Å². The highest BCUT2D eigenvalue weighted by atomic mass is 16.7. The van der Waals surface area contributed by atoms with Crippen LogP contribution in [-0.4, -0.2) is 17.5 Å². The Labute approximate surface area is 201 Å². The van der Waals surface area contributed by atoms with Gasteiger partial charge in [-0.15, -0.1) is 0 Å². The van der Waals surface area contributed by atoms with Crippen molar-refractivity contribution in [3.05, 3.63) is 108 Å². The number of fused-ring (bicyclic) bond motifs is 3. The van der Waals surface area contributed by atoms with Gasteiger partial charge in [-0.3, -0.25) is 4.79 Å². The van der Waals surface area contributed by atoms with Gasteiger partial charge in [0.1, 0.15) is 17.1 Å². The van der Waals surface area contributed by atoms with Crippen LogP contribution in [0.3, 0.4) is 0 Å². The van der Waals surface area contributed by atoms with Gasteiger partial charge in [0.05, 0.1) is 5.71 Å². The molecule has 0 spiro atoms. The monoisotopic (exact) mass is 463 g/mol. The highest BCUT2D eigenvalue weighted by Crippen LogP contribution is 2.30. The Morgan fingerprint density at radius 2 is 1.40 bits per heavy atom. The Balaban J connectivity index is 1.31. The summed E-state index contributed by atoms with van der Waals surface area (Å²) in [6.45, 7) is 3.05. The summed E-state index contributed by atoms with van der Waals surface area (Å²) < 4.78 is 11.7. The standard InChI is InChI=1S/C29H21NO5/c1-18(30-35-19(2)31)20-7-12-23(13-8-20)33-24-14-9-22(10-15-24)29(32)28-17-26-25-6-4-3-5-21(25)11-16-27(26)34-28/h3-17H,1-2H3. The van der Waals surface area contributed by atoms with E-state index in [-0.39, 0.29) is 5.78 Å². The summed E-state index contributed by atoms with van der Waals surface area (Å²) in [4.78, 5) is 28.6. The fraction of sp³-hybridized carbons (Fsp3) is 0.0690. The van der Waals surface area contributed by atoms with Crippen LogP contribution in [-0.2, 0) is 9.63 Å². The number of ether oxygens (including phenoxy) is 1. The molecular formula is C29H21NO5. The second kappa shape index (κ2) is 9.27. The van der Waals surface area contributed by atoms with Gasteiger partial charge in [0, 0.05) is 17.9 Å². The molecule has 0 N–H and O–H groups in total. The topological polar surface area (TPSA) is 78.1 Å². The van der Waals surface area contributed by atoms with Crippen molar-refractivity contribution < 1.29 is 23.6 Å². The second-order valence-corrected chi connectivity index (χ2v) is 8.05. The molecule has 0 radical (unpaired) electrons. The van der Waals surface area contributed by atoms with Gasteiger partial charge in [-0.1, -0.05) is 35.5 Å². The number of ketones is 1. The van der Waals surface area contributed by atoms with Gasteiger partial charge in [-0.05, 0) is 83.9 Å². The molecule has 0 fully saturated rings. The maximum atomic E-state index is 13.0. The Hall–Kier alpha value is -4.71. The van der Waals surface area contributed by atoms with Crippen LogP contribution in [0.15, 0.2) is 101 Å². The van der Waals surface area contributed by atoms with Crippen LogP contribution < -0.4 is 4.74 Å². The molecule has 0 unspecified atom stereocenters. The molecule has 0 saturated carbocycles. The summed E-state index contributed by atoms with van der Waals surface area (Å²) in [5.41, 5.74) is 2.57. The van der Waals surface area contributed by atoms with Crippen molar-refractivity contribution in [3.63, 3.8) is 0 Å². The van der Waals surface area contributed by atoms with E-state index in [0.29, 0.717) is 34.1 Å². The summed E-state index contributed by atoms with van der Waals surface area (Å²) in [5.74, 6) is 0.850. The molecule has 0 aliphatic carbocycles. The molecule has 0 aliphatic heterocycles. The Morgan fingerprint density at radius 1 is 0.743 bits per heavy atom. The summed E-state index contributed by atoms with van der Waals surface area (Å²) in [6, 6.07) is 27.8. The molecule has 0 bridgehead atoms. The number of nitrogens with zero attached hydrogens (tertiary/aromatic N) is 1. The lowest BCUT2D eigenvalue weighted by atomic mass is 10.1. The average Bonchev–Trinajstić information content (AvgIpc) is 3.33. The molecule has 0 saturated heterocycles. The van der Waals surface area contributed by atoms with Gasteiger partial charge in [-0.25, -0.2) is 4.79 Å². The zero-order valence-electron chi connectivity index (χ0n) is 19.1. The van der Waals surface area contributed by atoms with Crippen molar-refractivity contribution >= 4 is 39.2 Å². The van der Waals surface area contributed by atoms with E-state index in [9.17, 15) is 9.59 Å². The number of benzene rings is 4. The van der Waals surface area contributed by atoms with Gasteiger partial charge in [-0.2, -0.15) is 0 Å². The lowest BCUT2D eigenvalue weighted by Crippen LogP contribution is -2.00. The van der Waals surface area contributed by atoms with Gasteiger partial charge >= 0.3 is 5.97 Å². The third kappa shape index (κ3) is 4.68. The third-order valence-electron chi connectivity index (χ3n) is 5.59. The number of furan rings is 1. The van der Waals surface area contributed by atoms with E-state index in [0.717, 1.165) is 21.7 Å². The zero-order valence-corrected chi connectivity index (χ0v) is 19.1. The van der Waals surface area contributed by atoms with Crippen LogP contribution in [0, 0.1) is 0 Å². The molecule has 6 nitrogen and oxygen atoms in total. The van der Waals surface area contributed by atoms with Crippen molar-refractivity contribution in [2.24, 2.45) is 5.16 Å². The van der Waals surface area contributed by atoms with Gasteiger partial charge in [0.25, 0.3) is 0 Å². The smallest absolute Gasteiger partial charge is 0.331 e. The molecule has 4 aromatic carbocycles. The van der Waals surface area contributed by atoms with Crippen molar-refractivity contribution in [1.29, 1.82) is 0 Å². The molecule has 1 heterocycles. The van der Waals surface area contributed by atoms with Crippen LogP contribution in [0.1, 0.15) is 35.5 Å². The minimum Gasteiger partial charge on any atom is -0.457 e. The first-order chi connectivity index (χ1) is 17.0. The molecule has 172 valence electrons. The number of carbonyl (C=O) groups is 2. The molecule has 6 heteroatoms. The van der Waals surface area contributed by atoms with Gasteiger partial charge in [0.15, 0.2) is 5.76 Å². The van der Waals surface area contributed by atoms with E-state index in [1.54, 1.807) is 49.4 Å². The van der Waals surface area contributed by atoms with Crippen molar-refractivity contribution in [2.45, 2.75) is 13.8 Å². The minimum absolute atomic E-state index is 0.191. The summed E-state index contributed by atoms with van der Waals surface area (Å²) in [5, 5.41) is 6.84. The highest BCUT2D eigenvalue weighted by Gasteiger charge is 2.16. The molecule has 1 aromatic heterocycles. The van der Waals surface area contributed by atoms with Gasteiger partial charge < -0.3 is 14.0 Å². The van der Waals surface area contributed by atoms with Crippen LogP contribution in [0.4, 0.5) is 0 Å². The van der Waals surface area contributed by atoms with Crippen LogP contribution in [0.25, 0.3) is 21.7 Å². The SMILES string of the molecule is CC(=O)ON=C(C)c1ccc(Oc2ccc(C(=O)c3cc4c(ccc5ccccc54)o3)cc2)cc1. The highest BCUT2D eigenvalue weighted by molar-refractivity contribution is 6.13. The zero-order chi connectivity index (χ0) is 24.4. The normalized spacial score (nSPS) is 11.5. The summed E-state index contributed by atoms with van der Waals surface area (Å²) in [7, 11) is 0. The number of carbonyl (C=O) groups excluding carboxylic acids is 2. The maximum absolute atomic E-state index is 13.0. The molecule has 5 aromatic rings. The summed E-state index contributed by atoms with van der Waals surface area (Å²) in [6.07, 6.45) is 0. The Morgan fingerprint density at radius 3 is 2.09 bits per heavy atom. The fourth-order valence-electron chi connectivity index (χ4n) is 3.81. The first kappa shape index (κ1) is 22.1. The first-order valence-electron chi connectivity index (χ1n) is 11.0. The average molecular weight is 463 g/mol. The summed E-state index contributed by atoms with van der Waals surface area (Å²) >= 11 is 0. The fourth-order valence-corrected chi connectivity index (χ4v) is 3.81. The van der Waals surface area contributed by atoms with Crippen LogP contribution >= 0.6 is 0 Å². The Bertz CT molecular complexity index is 1580. The molecule has 0 amide bonds. The second-order valence-electron chi connectivity index (χ2n) is 8.05. The maximum Gasteiger partial charge on any atom is 0.331 e. The van der Waals surface area contributed by atoms with E-state index >= 15 is 0 Å². The lowest BCUT2D eigenvalue weighted by Gasteiger charge is -2.07. The molecular weight excluding hydrogens is 442 g/mol. The number of hydrogen-bond donors (Lipinski definition) is 0. The van der Waals surface area contributed by atoms with E-state index in [1.165, 1.54) is 6.92 Å². The van der Waals surface area contributed by atoms with E-state index < -0.39 is 5.97 Å². The third-order valence-corrected chi connectivity index (χ3v) is 5.59. The predicted octanol–water partition coefficient (Wildman–Crippen LogP) is 6.90. The molecule has 0 aliphatic rings. The van der Waals surface area contributed by atoms with E-state index in [4.69, 9.17) is 9.15 Å². The number of rotatable bonds is 6. The van der Waals surface area contributed by atoms with Crippen LogP contribution in [0.2, 0.25) is 0 Å². The molecule has 5 rings (SSSR count). The molecule has 0 atom stereocenters. The van der Waals surface area contributed by atoms with Crippen molar-refractivity contribution in [3.8, 4) is 11.5 Å². The predicted molar refractivity (Wildman–Crippen MR) is 134 cm³/mol. The molecule has 35 heavy (non-hydrogen) atoms. The number of hydrogen-bond acceptors (Lipinski definition) is 6. The van der Waals surface area contributed by atoms with E-state index in [1.807, 2.05) is 48.5 Å². The van der Waals surface area contributed by atoms with E-state index in [2.05, 4.69) is 9.99 Å². The lowest BCUT2D eigenvalue weighted by molar-refractivity contribution is -0.140. The number of oxime groups is 1. The van der Waals surface area contributed by atoms with Crippen LogP contribution in [0.5, 0.6) is 11.5 Å². The van der Waals surface area contributed by atoms with Gasteiger partial charge in [0.2, 0.25) is 5.78 Å². The first-order valence-corrected chi connectivity index (χ1v) is 11.0. The van der Waals surface area contributed by atoms with Crippen molar-refractivity contribution in [2.75, 3.05) is 0 Å².